The van der Waals surface area contributed by atoms with Gasteiger partial charge in [0.05, 0.1) is 9.82 Å². The summed E-state index contributed by atoms with van der Waals surface area (Å²) < 4.78 is 27.6. The Balaban J connectivity index is 1.41. The molecule has 1 aromatic heterocycles. The SMILES string of the molecule is O=C(CCNS(=O)(=O)c1ccc([N+](=O)[O-])cc1)Nc1nnc(CCNC(=O)c2cccc(Br)c2)s1. The zero-order valence-electron chi connectivity index (χ0n) is 17.9. The maximum absolute atomic E-state index is 12.2. The fourth-order valence-electron chi connectivity index (χ4n) is 2.73. The molecule has 0 spiro atoms. The molecule has 0 aliphatic rings. The highest BCUT2D eigenvalue weighted by Gasteiger charge is 2.16. The first kappa shape index (κ1) is 26.3. The van der Waals surface area contributed by atoms with E-state index in [1.165, 1.54) is 0 Å². The van der Waals surface area contributed by atoms with Crippen LogP contribution < -0.4 is 15.4 Å². The topological polar surface area (TPSA) is 173 Å². The van der Waals surface area contributed by atoms with Gasteiger partial charge in [-0.3, -0.25) is 19.7 Å². The summed E-state index contributed by atoms with van der Waals surface area (Å²) in [7, 11) is -3.92. The predicted octanol–water partition coefficient (Wildman–Crippen LogP) is 2.49. The maximum Gasteiger partial charge on any atom is 0.269 e. The summed E-state index contributed by atoms with van der Waals surface area (Å²) in [6.07, 6.45) is 0.256. The van der Waals surface area contributed by atoms with Crippen molar-refractivity contribution in [2.75, 3.05) is 18.4 Å². The van der Waals surface area contributed by atoms with Crippen molar-refractivity contribution in [3.63, 3.8) is 0 Å². The Morgan fingerprint density at radius 2 is 1.83 bits per heavy atom. The van der Waals surface area contributed by atoms with Gasteiger partial charge in [-0.15, -0.1) is 10.2 Å². The fraction of sp³-hybridized carbons (Fsp3) is 0.200. The Labute approximate surface area is 212 Å². The van der Waals surface area contributed by atoms with Crippen LogP contribution in [0.1, 0.15) is 21.8 Å². The Hall–Kier alpha value is -3.27. The number of carbonyl (C=O) groups is 2. The number of halogens is 1. The fourth-order valence-corrected chi connectivity index (χ4v) is 4.92. The first-order chi connectivity index (χ1) is 16.6. The summed E-state index contributed by atoms with van der Waals surface area (Å²) in [6.45, 7) is 0.150. The van der Waals surface area contributed by atoms with Crippen LogP contribution in [0, 0.1) is 10.1 Å². The number of nitrogens with one attached hydrogen (secondary N) is 3. The summed E-state index contributed by atoms with van der Waals surface area (Å²) in [6, 6.07) is 11.4. The monoisotopic (exact) mass is 582 g/mol. The van der Waals surface area contributed by atoms with Crippen LogP contribution in [0.25, 0.3) is 0 Å². The molecule has 1 heterocycles. The average Bonchev–Trinajstić information content (AvgIpc) is 3.25. The Morgan fingerprint density at radius 1 is 1.09 bits per heavy atom. The number of carbonyl (C=O) groups excluding carboxylic acids is 2. The number of amides is 2. The van der Waals surface area contributed by atoms with Gasteiger partial charge in [-0.05, 0) is 30.3 Å². The van der Waals surface area contributed by atoms with Crippen LogP contribution in [0.5, 0.6) is 0 Å². The number of anilines is 1. The number of non-ortho nitro benzene ring substituents is 1. The lowest BCUT2D eigenvalue weighted by atomic mass is 10.2. The van der Waals surface area contributed by atoms with Crippen LogP contribution >= 0.6 is 27.3 Å². The van der Waals surface area contributed by atoms with Gasteiger partial charge < -0.3 is 10.6 Å². The van der Waals surface area contributed by atoms with Gasteiger partial charge in [0, 0.05) is 48.1 Å². The summed E-state index contributed by atoms with van der Waals surface area (Å²) in [4.78, 5) is 34.1. The van der Waals surface area contributed by atoms with Gasteiger partial charge in [0.1, 0.15) is 5.01 Å². The molecule has 3 rings (SSSR count). The molecule has 2 aromatic carbocycles. The van der Waals surface area contributed by atoms with Gasteiger partial charge in [0.2, 0.25) is 21.1 Å². The number of benzene rings is 2. The van der Waals surface area contributed by atoms with Gasteiger partial charge in [-0.25, -0.2) is 13.1 Å². The van der Waals surface area contributed by atoms with Crippen LogP contribution in [0.15, 0.2) is 57.9 Å². The molecular weight excluding hydrogens is 564 g/mol. The first-order valence-electron chi connectivity index (χ1n) is 10.0. The number of nitro benzene ring substituents is 1. The maximum atomic E-state index is 12.2. The van der Waals surface area contributed by atoms with E-state index in [0.29, 0.717) is 23.5 Å². The molecule has 0 saturated heterocycles. The third-order valence-corrected chi connectivity index (χ3v) is 7.30. The minimum Gasteiger partial charge on any atom is -0.352 e. The van der Waals surface area contributed by atoms with E-state index in [1.54, 1.807) is 18.2 Å². The standard InChI is InChI=1S/C20H19BrN6O6S2/c21-14-3-1-2-13(12-14)19(29)22-10-9-18-25-26-20(34-18)24-17(28)8-11-23-35(32,33)16-6-4-15(5-7-16)27(30)31/h1-7,12,23H,8-11H2,(H,22,29)(H,24,26,28). The molecule has 0 unspecified atom stereocenters. The molecule has 0 aliphatic carbocycles. The van der Waals surface area contributed by atoms with Crippen molar-refractivity contribution in [2.24, 2.45) is 0 Å². The molecule has 3 N–H and O–H groups in total. The summed E-state index contributed by atoms with van der Waals surface area (Å²) in [5.74, 6) is -0.692. The number of hydrogen-bond acceptors (Lipinski definition) is 9. The third kappa shape index (κ3) is 7.88. The van der Waals surface area contributed by atoms with E-state index in [-0.39, 0.29) is 34.6 Å². The summed E-state index contributed by atoms with van der Waals surface area (Å²) in [5.41, 5.74) is 0.292. The van der Waals surface area contributed by atoms with Crippen LogP contribution in [-0.2, 0) is 21.2 Å². The quantitative estimate of drug-likeness (QED) is 0.228. The second kappa shape index (κ2) is 11.9. The molecule has 35 heavy (non-hydrogen) atoms. The molecule has 0 aliphatic heterocycles. The van der Waals surface area contributed by atoms with Crippen molar-refractivity contribution in [3.8, 4) is 0 Å². The van der Waals surface area contributed by atoms with Crippen molar-refractivity contribution in [1.29, 1.82) is 0 Å². The largest absolute Gasteiger partial charge is 0.352 e. The minimum atomic E-state index is -3.92. The third-order valence-electron chi connectivity index (χ3n) is 4.43. The highest BCUT2D eigenvalue weighted by molar-refractivity contribution is 9.10. The normalized spacial score (nSPS) is 11.1. The number of nitrogens with zero attached hydrogens (tertiary/aromatic N) is 3. The minimum absolute atomic E-state index is 0.149. The second-order valence-corrected chi connectivity index (χ2v) is 10.7. The highest BCUT2D eigenvalue weighted by atomic mass is 79.9. The van der Waals surface area contributed by atoms with Gasteiger partial charge in [-0.1, -0.05) is 33.3 Å². The molecule has 184 valence electrons. The molecule has 0 bridgehead atoms. The molecular formula is C20H19BrN6O6S2. The lowest BCUT2D eigenvalue weighted by molar-refractivity contribution is -0.384. The average molecular weight is 583 g/mol. The molecule has 12 nitrogen and oxygen atoms in total. The molecule has 15 heteroatoms. The Bertz CT molecular complexity index is 1330. The van der Waals surface area contributed by atoms with Crippen molar-refractivity contribution in [3.05, 3.63) is 73.7 Å². The van der Waals surface area contributed by atoms with Crippen LogP contribution in [0.3, 0.4) is 0 Å². The summed E-state index contributed by atoms with van der Waals surface area (Å²) in [5, 5.41) is 24.7. The van der Waals surface area contributed by atoms with E-state index in [1.807, 2.05) is 6.07 Å². The first-order valence-corrected chi connectivity index (χ1v) is 13.1. The second-order valence-electron chi connectivity index (χ2n) is 6.96. The Morgan fingerprint density at radius 3 is 2.51 bits per heavy atom. The van der Waals surface area contributed by atoms with E-state index < -0.39 is 20.9 Å². The van der Waals surface area contributed by atoms with Crippen LogP contribution in [-0.4, -0.2) is 48.4 Å². The highest BCUT2D eigenvalue weighted by Crippen LogP contribution is 2.17. The summed E-state index contributed by atoms with van der Waals surface area (Å²) >= 11 is 4.46. The van der Waals surface area contributed by atoms with E-state index in [0.717, 1.165) is 40.1 Å². The zero-order valence-corrected chi connectivity index (χ0v) is 21.2. The number of hydrogen-bond donors (Lipinski definition) is 3. The van der Waals surface area contributed by atoms with Crippen molar-refractivity contribution in [1.82, 2.24) is 20.2 Å². The van der Waals surface area contributed by atoms with Crippen LogP contribution in [0.2, 0.25) is 0 Å². The lowest BCUT2D eigenvalue weighted by Crippen LogP contribution is -2.27. The zero-order chi connectivity index (χ0) is 25.4. The van der Waals surface area contributed by atoms with Crippen molar-refractivity contribution in [2.45, 2.75) is 17.7 Å². The van der Waals surface area contributed by atoms with E-state index in [2.05, 4.69) is 41.5 Å². The van der Waals surface area contributed by atoms with E-state index >= 15 is 0 Å². The number of aromatic nitrogens is 2. The van der Waals surface area contributed by atoms with Crippen molar-refractivity contribution < 1.29 is 22.9 Å². The molecule has 3 aromatic rings. The van der Waals surface area contributed by atoms with Crippen molar-refractivity contribution >= 4 is 59.9 Å². The smallest absolute Gasteiger partial charge is 0.269 e. The van der Waals surface area contributed by atoms with E-state index in [9.17, 15) is 28.1 Å². The predicted molar refractivity (Wildman–Crippen MR) is 132 cm³/mol. The number of rotatable bonds is 11. The number of nitro groups is 1. The molecule has 0 atom stereocenters. The molecule has 2 amide bonds. The number of sulfonamides is 1. The van der Waals surface area contributed by atoms with Gasteiger partial charge in [0.25, 0.3) is 11.6 Å². The molecule has 0 radical (unpaired) electrons. The van der Waals surface area contributed by atoms with Crippen LogP contribution in [0.4, 0.5) is 10.8 Å². The van der Waals surface area contributed by atoms with Gasteiger partial charge in [0.15, 0.2) is 0 Å². The van der Waals surface area contributed by atoms with Gasteiger partial charge >= 0.3 is 0 Å². The van der Waals surface area contributed by atoms with Gasteiger partial charge in [-0.2, -0.15) is 0 Å². The lowest BCUT2D eigenvalue weighted by Gasteiger charge is -2.06. The molecule has 0 fully saturated rings. The Kier molecular flexibility index (Phi) is 8.97. The molecule has 0 saturated carbocycles. The van der Waals surface area contributed by atoms with E-state index in [4.69, 9.17) is 0 Å².